The molecule has 1 spiro atoms. The summed E-state index contributed by atoms with van der Waals surface area (Å²) in [6.45, 7) is 0.339. The van der Waals surface area contributed by atoms with E-state index in [-0.39, 0.29) is 18.1 Å². The van der Waals surface area contributed by atoms with E-state index in [0.717, 1.165) is 12.0 Å². The van der Waals surface area contributed by atoms with Crippen LogP contribution in [0, 0.1) is 5.92 Å². The number of hydrogen-bond donors (Lipinski definition) is 1. The number of aliphatic hydroxyl groups excluding tert-OH is 1. The first-order valence-electron chi connectivity index (χ1n) is 9.51. The molecule has 0 saturated carbocycles. The van der Waals surface area contributed by atoms with Crippen molar-refractivity contribution in [3.63, 3.8) is 0 Å². The Balaban J connectivity index is 1.56. The zero-order valence-electron chi connectivity index (χ0n) is 16.2. The molecule has 2 aromatic rings. The number of aromatic nitrogens is 1. The molecule has 5 atom stereocenters. The number of aliphatic hydroxyl groups is 1. The lowest BCUT2D eigenvalue weighted by molar-refractivity contribution is -0.132. The summed E-state index contributed by atoms with van der Waals surface area (Å²) in [4.78, 5) is 2.08. The molecule has 28 heavy (non-hydrogen) atoms. The van der Waals surface area contributed by atoms with Gasteiger partial charge in [-0.05, 0) is 37.3 Å². The van der Waals surface area contributed by atoms with E-state index in [2.05, 4.69) is 10.1 Å². The zero-order chi connectivity index (χ0) is 19.5. The minimum Gasteiger partial charge on any atom is -0.498 e. The van der Waals surface area contributed by atoms with Gasteiger partial charge in [0.25, 0.3) is 5.88 Å². The Hall–Kier alpha value is -2.35. The Bertz CT molecular complexity index is 909. The molecule has 0 unspecified atom stereocenters. The number of methoxy groups -OCH3 is 1. The Morgan fingerprint density at radius 2 is 2.07 bits per heavy atom. The van der Waals surface area contributed by atoms with Crippen molar-refractivity contribution in [2.24, 2.45) is 5.92 Å². The van der Waals surface area contributed by atoms with Crippen molar-refractivity contribution in [3.05, 3.63) is 59.1 Å². The molecule has 3 aliphatic rings. The molecule has 1 N–H and O–H groups in total. The SMILES string of the molecule is COC1=C[C@@H]2C[C@H]3[C@H](N(C)C)c4onc(OCc5ccccc5)c4[C@H](O)[C@@]13O2. The molecule has 0 radical (unpaired) electrons. The summed E-state index contributed by atoms with van der Waals surface area (Å²) >= 11 is 0. The van der Waals surface area contributed by atoms with Crippen LogP contribution in [0.4, 0.5) is 0 Å². The average Bonchev–Trinajstić information content (AvgIpc) is 3.38. The average molecular weight is 384 g/mol. The standard InChI is InChI=1S/C21H24N2O5/c1-23(2)17-14-9-13-10-15(25-3)21(14,27-13)19(24)16-18(17)28-22-20(16)26-11-12-7-5-4-6-8-12/h4-8,10,13-14,17,19,24H,9,11H2,1-3H3/t13-,14-,17-,19-,21-/m0/s1. The smallest absolute Gasteiger partial charge is 0.260 e. The van der Waals surface area contributed by atoms with E-state index in [4.69, 9.17) is 18.7 Å². The van der Waals surface area contributed by atoms with E-state index in [1.807, 2.05) is 50.5 Å². The molecule has 1 aromatic carbocycles. The van der Waals surface area contributed by atoms with E-state index < -0.39 is 11.7 Å². The predicted molar refractivity (Wildman–Crippen MR) is 99.5 cm³/mol. The van der Waals surface area contributed by atoms with Gasteiger partial charge in [0, 0.05) is 5.92 Å². The first kappa shape index (κ1) is 17.7. The topological polar surface area (TPSA) is 77.2 Å². The quantitative estimate of drug-likeness (QED) is 0.849. The Labute approximate surface area is 163 Å². The highest BCUT2D eigenvalue weighted by molar-refractivity contribution is 5.45. The maximum Gasteiger partial charge on any atom is 0.260 e. The van der Waals surface area contributed by atoms with Crippen LogP contribution in [0.3, 0.4) is 0 Å². The lowest BCUT2D eigenvalue weighted by atomic mass is 9.66. The molecule has 7 nitrogen and oxygen atoms in total. The van der Waals surface area contributed by atoms with E-state index in [0.29, 0.717) is 29.6 Å². The van der Waals surface area contributed by atoms with Crippen LogP contribution >= 0.6 is 0 Å². The first-order chi connectivity index (χ1) is 13.6. The number of benzene rings is 1. The van der Waals surface area contributed by atoms with Crippen molar-refractivity contribution < 1.29 is 23.8 Å². The van der Waals surface area contributed by atoms with Crippen molar-refractivity contribution >= 4 is 0 Å². The van der Waals surface area contributed by atoms with Gasteiger partial charge in [-0.15, -0.1) is 0 Å². The van der Waals surface area contributed by atoms with Crippen molar-refractivity contribution in [1.82, 2.24) is 10.1 Å². The number of fused-ring (bicyclic) bond motifs is 2. The van der Waals surface area contributed by atoms with Gasteiger partial charge in [0.05, 0.1) is 24.8 Å². The number of nitrogens with zero attached hydrogens (tertiary/aromatic N) is 2. The Kier molecular flexibility index (Phi) is 4.01. The normalized spacial score (nSPS) is 32.8. The summed E-state index contributed by atoms with van der Waals surface area (Å²) in [5.74, 6) is 1.63. The van der Waals surface area contributed by atoms with Gasteiger partial charge in [-0.2, -0.15) is 0 Å². The fourth-order valence-corrected chi connectivity index (χ4v) is 5.03. The predicted octanol–water partition coefficient (Wildman–Crippen LogP) is 2.59. The second kappa shape index (κ2) is 6.34. The Morgan fingerprint density at radius 3 is 2.79 bits per heavy atom. The molecule has 5 rings (SSSR count). The molecular formula is C21H24N2O5. The molecule has 2 bridgehead atoms. The van der Waals surface area contributed by atoms with E-state index in [1.165, 1.54) is 0 Å². The van der Waals surface area contributed by atoms with E-state index in [9.17, 15) is 5.11 Å². The first-order valence-corrected chi connectivity index (χ1v) is 9.51. The largest absolute Gasteiger partial charge is 0.498 e. The second-order valence-corrected chi connectivity index (χ2v) is 7.88. The molecule has 1 aliphatic carbocycles. The fourth-order valence-electron chi connectivity index (χ4n) is 5.03. The third-order valence-corrected chi connectivity index (χ3v) is 6.15. The van der Waals surface area contributed by atoms with Gasteiger partial charge in [-0.3, -0.25) is 4.90 Å². The third-order valence-electron chi connectivity index (χ3n) is 6.15. The van der Waals surface area contributed by atoms with Gasteiger partial charge in [0.1, 0.15) is 18.5 Å². The number of rotatable bonds is 5. The van der Waals surface area contributed by atoms with E-state index in [1.54, 1.807) is 7.11 Å². The van der Waals surface area contributed by atoms with Gasteiger partial charge < -0.3 is 23.8 Å². The fraction of sp³-hybridized carbons (Fsp3) is 0.476. The molecule has 1 aromatic heterocycles. The minimum atomic E-state index is -0.973. The molecular weight excluding hydrogens is 360 g/mol. The summed E-state index contributed by atoms with van der Waals surface area (Å²) in [6, 6.07) is 9.74. The highest BCUT2D eigenvalue weighted by atomic mass is 16.6. The van der Waals surface area contributed by atoms with Crippen LogP contribution in [0.25, 0.3) is 0 Å². The van der Waals surface area contributed by atoms with Crippen molar-refractivity contribution in [2.45, 2.75) is 36.9 Å². The van der Waals surface area contributed by atoms with Crippen LogP contribution < -0.4 is 4.74 Å². The number of ether oxygens (including phenoxy) is 3. The minimum absolute atomic E-state index is 0.00451. The van der Waals surface area contributed by atoms with Crippen molar-refractivity contribution in [3.8, 4) is 5.88 Å². The monoisotopic (exact) mass is 384 g/mol. The van der Waals surface area contributed by atoms with Crippen LogP contribution in [-0.2, 0) is 16.1 Å². The van der Waals surface area contributed by atoms with Gasteiger partial charge in [0.2, 0.25) is 0 Å². The lowest BCUT2D eigenvalue weighted by Gasteiger charge is -2.46. The van der Waals surface area contributed by atoms with Crippen LogP contribution in [-0.4, -0.2) is 48.1 Å². The summed E-state index contributed by atoms with van der Waals surface area (Å²) in [5, 5.41) is 15.6. The molecule has 1 saturated heterocycles. The van der Waals surface area contributed by atoms with Crippen LogP contribution in [0.1, 0.15) is 35.5 Å². The van der Waals surface area contributed by atoms with Gasteiger partial charge in [-0.25, -0.2) is 0 Å². The molecule has 148 valence electrons. The lowest BCUT2D eigenvalue weighted by Crippen LogP contribution is -2.51. The van der Waals surface area contributed by atoms with Crippen molar-refractivity contribution in [2.75, 3.05) is 21.2 Å². The van der Waals surface area contributed by atoms with Crippen molar-refractivity contribution in [1.29, 1.82) is 0 Å². The van der Waals surface area contributed by atoms with Gasteiger partial charge in [-0.1, -0.05) is 30.3 Å². The highest BCUT2D eigenvalue weighted by Gasteiger charge is 2.68. The number of hydrogen-bond acceptors (Lipinski definition) is 7. The summed E-state index contributed by atoms with van der Waals surface area (Å²) in [7, 11) is 5.61. The van der Waals surface area contributed by atoms with E-state index >= 15 is 0 Å². The third kappa shape index (κ3) is 2.30. The molecule has 0 amide bonds. The Morgan fingerprint density at radius 1 is 1.29 bits per heavy atom. The highest BCUT2D eigenvalue weighted by Crippen LogP contribution is 2.63. The van der Waals surface area contributed by atoms with Crippen LogP contribution in [0.2, 0.25) is 0 Å². The summed E-state index contributed by atoms with van der Waals surface area (Å²) < 4.78 is 23.6. The molecule has 7 heteroatoms. The second-order valence-electron chi connectivity index (χ2n) is 7.88. The van der Waals surface area contributed by atoms with Crippen LogP contribution in [0.5, 0.6) is 5.88 Å². The van der Waals surface area contributed by atoms with Gasteiger partial charge >= 0.3 is 0 Å². The zero-order valence-corrected chi connectivity index (χ0v) is 16.2. The maximum absolute atomic E-state index is 11.4. The van der Waals surface area contributed by atoms with Gasteiger partial charge in [0.15, 0.2) is 11.4 Å². The summed E-state index contributed by atoms with van der Waals surface area (Å²) in [6.07, 6.45) is 1.73. The molecule has 3 heterocycles. The maximum atomic E-state index is 11.4. The van der Waals surface area contributed by atoms with Crippen LogP contribution in [0.15, 0.2) is 46.7 Å². The molecule has 2 aliphatic heterocycles. The summed E-state index contributed by atoms with van der Waals surface area (Å²) in [5.41, 5.74) is 0.634. The molecule has 1 fully saturated rings.